The van der Waals surface area contributed by atoms with E-state index in [2.05, 4.69) is 4.74 Å². The summed E-state index contributed by atoms with van der Waals surface area (Å²) < 4.78 is 4.67. The Morgan fingerprint density at radius 2 is 1.69 bits per heavy atom. The summed E-state index contributed by atoms with van der Waals surface area (Å²) in [4.78, 5) is 40.0. The molecule has 0 aliphatic carbocycles. The summed E-state index contributed by atoms with van der Waals surface area (Å²) >= 11 is 0. The number of likely N-dealkylation sites (N-methyl/N-ethyl adjacent to an activating group) is 1. The van der Waals surface area contributed by atoms with E-state index in [4.69, 9.17) is 0 Å². The van der Waals surface area contributed by atoms with Gasteiger partial charge in [-0.05, 0) is 36.8 Å². The topological polar surface area (TPSA) is 66.9 Å². The summed E-state index contributed by atoms with van der Waals surface area (Å²) in [6, 6.07) is 15.0. The molecule has 0 radical (unpaired) electrons. The number of ether oxygens (including phenoxy) is 1. The Morgan fingerprint density at radius 3 is 2.27 bits per heavy atom. The average molecular weight is 352 g/mol. The van der Waals surface area contributed by atoms with Crippen molar-refractivity contribution in [1.82, 2.24) is 4.90 Å². The summed E-state index contributed by atoms with van der Waals surface area (Å²) in [5.74, 6) is -0.723. The normalized spacial score (nSPS) is 16.9. The Hall–Kier alpha value is -3.15. The summed E-state index contributed by atoms with van der Waals surface area (Å²) in [6.45, 7) is 2.30. The SMILES string of the molecule is CCN1C(=O)N(c2ccc(C(=O)OC)cc2)C(=O)[C@@H]1Cc1ccccc1. The third kappa shape index (κ3) is 3.18. The van der Waals surface area contributed by atoms with Crippen molar-refractivity contribution < 1.29 is 19.1 Å². The zero-order valence-corrected chi connectivity index (χ0v) is 14.7. The van der Waals surface area contributed by atoms with E-state index in [0.29, 0.717) is 24.2 Å². The van der Waals surface area contributed by atoms with Crippen LogP contribution in [0, 0.1) is 0 Å². The highest BCUT2D eigenvalue weighted by Gasteiger charge is 2.44. The molecule has 134 valence electrons. The molecule has 0 saturated carbocycles. The molecule has 0 bridgehead atoms. The maximum absolute atomic E-state index is 12.9. The van der Waals surface area contributed by atoms with Crippen LogP contribution in [0.4, 0.5) is 10.5 Å². The van der Waals surface area contributed by atoms with Crippen LogP contribution in [0.3, 0.4) is 0 Å². The number of imide groups is 1. The summed E-state index contributed by atoms with van der Waals surface area (Å²) in [5, 5.41) is 0. The van der Waals surface area contributed by atoms with Crippen LogP contribution in [-0.2, 0) is 16.0 Å². The molecule has 1 fully saturated rings. The minimum atomic E-state index is -0.532. The van der Waals surface area contributed by atoms with E-state index in [1.165, 1.54) is 12.0 Å². The fourth-order valence-corrected chi connectivity index (χ4v) is 3.13. The van der Waals surface area contributed by atoms with E-state index in [-0.39, 0.29) is 11.9 Å². The van der Waals surface area contributed by atoms with Crippen LogP contribution in [0.5, 0.6) is 0 Å². The second-order valence-electron chi connectivity index (χ2n) is 5.99. The quantitative estimate of drug-likeness (QED) is 0.613. The average Bonchev–Trinajstić information content (AvgIpc) is 2.91. The number of rotatable bonds is 5. The first-order chi connectivity index (χ1) is 12.6. The number of hydrogen-bond donors (Lipinski definition) is 0. The highest BCUT2D eigenvalue weighted by atomic mass is 16.5. The number of anilines is 1. The minimum Gasteiger partial charge on any atom is -0.465 e. The smallest absolute Gasteiger partial charge is 0.337 e. The van der Waals surface area contributed by atoms with Crippen molar-refractivity contribution in [2.75, 3.05) is 18.6 Å². The van der Waals surface area contributed by atoms with Crippen LogP contribution >= 0.6 is 0 Å². The highest BCUT2D eigenvalue weighted by Crippen LogP contribution is 2.27. The minimum absolute atomic E-state index is 0.258. The van der Waals surface area contributed by atoms with Gasteiger partial charge >= 0.3 is 12.0 Å². The van der Waals surface area contributed by atoms with Crippen molar-refractivity contribution >= 4 is 23.6 Å². The van der Waals surface area contributed by atoms with Gasteiger partial charge in [-0.1, -0.05) is 30.3 Å². The van der Waals surface area contributed by atoms with E-state index < -0.39 is 12.0 Å². The molecule has 0 aromatic heterocycles. The Labute approximate surface area is 152 Å². The molecule has 3 amide bonds. The van der Waals surface area contributed by atoms with Gasteiger partial charge in [0.2, 0.25) is 0 Å². The van der Waals surface area contributed by atoms with E-state index >= 15 is 0 Å². The maximum atomic E-state index is 12.9. The lowest BCUT2D eigenvalue weighted by molar-refractivity contribution is -0.119. The Morgan fingerprint density at radius 1 is 1.04 bits per heavy atom. The molecule has 1 aliphatic heterocycles. The van der Waals surface area contributed by atoms with Gasteiger partial charge in [0.1, 0.15) is 6.04 Å². The zero-order valence-electron chi connectivity index (χ0n) is 14.7. The second-order valence-corrected chi connectivity index (χ2v) is 5.99. The molecule has 1 atom stereocenters. The van der Waals surface area contributed by atoms with Crippen LogP contribution in [-0.4, -0.2) is 42.5 Å². The Balaban J connectivity index is 1.87. The molecule has 3 rings (SSSR count). The van der Waals surface area contributed by atoms with Crippen LogP contribution in [0.25, 0.3) is 0 Å². The van der Waals surface area contributed by atoms with Crippen molar-refractivity contribution in [3.63, 3.8) is 0 Å². The lowest BCUT2D eigenvalue weighted by atomic mass is 10.0. The molecule has 2 aromatic rings. The van der Waals surface area contributed by atoms with E-state index in [9.17, 15) is 14.4 Å². The lowest BCUT2D eigenvalue weighted by Gasteiger charge is -2.19. The molecule has 1 heterocycles. The van der Waals surface area contributed by atoms with Gasteiger partial charge < -0.3 is 9.64 Å². The first-order valence-corrected chi connectivity index (χ1v) is 8.43. The summed E-state index contributed by atoms with van der Waals surface area (Å²) in [5.41, 5.74) is 1.81. The summed E-state index contributed by atoms with van der Waals surface area (Å²) in [6.07, 6.45) is 0.468. The van der Waals surface area contributed by atoms with Gasteiger partial charge in [0.05, 0.1) is 18.4 Å². The molecular weight excluding hydrogens is 332 g/mol. The lowest BCUT2D eigenvalue weighted by Crippen LogP contribution is -2.36. The number of methoxy groups -OCH3 is 1. The van der Waals surface area contributed by atoms with Gasteiger partial charge in [-0.2, -0.15) is 0 Å². The third-order valence-corrected chi connectivity index (χ3v) is 4.48. The van der Waals surface area contributed by atoms with E-state index in [0.717, 1.165) is 5.56 Å². The first-order valence-electron chi connectivity index (χ1n) is 8.43. The molecule has 0 N–H and O–H groups in total. The largest absolute Gasteiger partial charge is 0.465 e. The number of carbonyl (C=O) groups excluding carboxylic acids is 3. The Bertz CT molecular complexity index is 817. The molecule has 26 heavy (non-hydrogen) atoms. The number of amides is 3. The molecule has 6 nitrogen and oxygen atoms in total. The summed E-state index contributed by atoms with van der Waals surface area (Å²) in [7, 11) is 1.30. The molecule has 1 aliphatic rings. The monoisotopic (exact) mass is 352 g/mol. The predicted octanol–water partition coefficient (Wildman–Crippen LogP) is 2.87. The van der Waals surface area contributed by atoms with Crippen LogP contribution in [0.1, 0.15) is 22.8 Å². The van der Waals surface area contributed by atoms with E-state index in [1.54, 1.807) is 29.2 Å². The number of nitrogens with zero attached hydrogens (tertiary/aromatic N) is 2. The van der Waals surface area contributed by atoms with Gasteiger partial charge in [0.25, 0.3) is 5.91 Å². The number of esters is 1. The highest BCUT2D eigenvalue weighted by molar-refractivity contribution is 6.21. The first kappa shape index (κ1) is 17.7. The maximum Gasteiger partial charge on any atom is 0.337 e. The van der Waals surface area contributed by atoms with Gasteiger partial charge in [-0.15, -0.1) is 0 Å². The van der Waals surface area contributed by atoms with Gasteiger partial charge in [0.15, 0.2) is 0 Å². The van der Waals surface area contributed by atoms with Crippen molar-refractivity contribution in [2.24, 2.45) is 0 Å². The zero-order chi connectivity index (χ0) is 18.7. The van der Waals surface area contributed by atoms with Gasteiger partial charge in [-0.25, -0.2) is 14.5 Å². The Kier molecular flexibility index (Phi) is 5.02. The van der Waals surface area contributed by atoms with Crippen molar-refractivity contribution in [3.05, 3.63) is 65.7 Å². The van der Waals surface area contributed by atoms with Gasteiger partial charge in [0, 0.05) is 13.0 Å². The van der Waals surface area contributed by atoms with Crippen molar-refractivity contribution in [3.8, 4) is 0 Å². The second kappa shape index (κ2) is 7.39. The molecule has 1 saturated heterocycles. The third-order valence-electron chi connectivity index (χ3n) is 4.48. The van der Waals surface area contributed by atoms with Gasteiger partial charge in [-0.3, -0.25) is 4.79 Å². The molecule has 0 spiro atoms. The number of benzene rings is 2. The number of hydrogen-bond acceptors (Lipinski definition) is 4. The van der Waals surface area contributed by atoms with Crippen molar-refractivity contribution in [2.45, 2.75) is 19.4 Å². The predicted molar refractivity (Wildman–Crippen MR) is 97.0 cm³/mol. The number of urea groups is 1. The molecule has 6 heteroatoms. The van der Waals surface area contributed by atoms with Crippen molar-refractivity contribution in [1.29, 1.82) is 0 Å². The van der Waals surface area contributed by atoms with Crippen LogP contribution in [0.15, 0.2) is 54.6 Å². The molecular formula is C20H20N2O4. The van der Waals surface area contributed by atoms with Crippen LogP contribution in [0.2, 0.25) is 0 Å². The van der Waals surface area contributed by atoms with E-state index in [1.807, 2.05) is 37.3 Å². The number of carbonyl (C=O) groups is 3. The fourth-order valence-electron chi connectivity index (χ4n) is 3.13. The standard InChI is InChI=1S/C20H20N2O4/c1-3-21-17(13-14-7-5-4-6-8-14)18(23)22(20(21)25)16-11-9-15(10-12-16)19(24)26-2/h4-12,17H,3,13H2,1-2H3/t17-/m0/s1. The van der Waals surface area contributed by atoms with Crippen LogP contribution < -0.4 is 4.90 Å². The molecule has 2 aromatic carbocycles. The fraction of sp³-hybridized carbons (Fsp3) is 0.250. The molecule has 0 unspecified atom stereocenters.